The SMILES string of the molecule is CC(C)(C)S(=O)N=C1CCC(c2ccc(C(OCc3ccccc3)(C(F)(F)F)C(F)(F)F)cc2)(S(=O)(=O)c2ccc(F)cc2)CC1. The van der Waals surface area contributed by atoms with Gasteiger partial charge in [0.05, 0.1) is 16.2 Å². The number of alkyl halides is 6. The Labute approximate surface area is 265 Å². The summed E-state index contributed by atoms with van der Waals surface area (Å²) in [6.07, 6.45) is -12.1. The first-order valence-corrected chi connectivity index (χ1v) is 16.7. The van der Waals surface area contributed by atoms with Gasteiger partial charge in [-0.25, -0.2) is 17.0 Å². The van der Waals surface area contributed by atoms with Crippen molar-refractivity contribution in [3.63, 3.8) is 0 Å². The van der Waals surface area contributed by atoms with E-state index in [1.165, 1.54) is 24.3 Å². The van der Waals surface area contributed by atoms with Crippen LogP contribution < -0.4 is 0 Å². The smallest absolute Gasteiger partial charge is 0.349 e. The molecule has 0 saturated heterocycles. The molecule has 1 saturated carbocycles. The molecule has 14 heteroatoms. The summed E-state index contributed by atoms with van der Waals surface area (Å²) in [5.74, 6) is -0.703. The maximum Gasteiger partial charge on any atom is 0.430 e. The van der Waals surface area contributed by atoms with Crippen LogP contribution in [0.25, 0.3) is 0 Å². The number of benzene rings is 3. The lowest BCUT2D eigenvalue weighted by molar-refractivity contribution is -0.392. The Bertz CT molecular complexity index is 1660. The summed E-state index contributed by atoms with van der Waals surface area (Å²) in [6.45, 7) is 4.13. The average molecular weight is 692 g/mol. The lowest BCUT2D eigenvalue weighted by Gasteiger charge is -2.39. The van der Waals surface area contributed by atoms with Crippen molar-refractivity contribution in [2.75, 3.05) is 0 Å². The van der Waals surface area contributed by atoms with E-state index in [1.54, 1.807) is 26.8 Å². The zero-order chi connectivity index (χ0) is 34.2. The summed E-state index contributed by atoms with van der Waals surface area (Å²) in [7, 11) is -6.04. The number of ether oxygens (including phenoxy) is 1. The number of hydrogen-bond acceptors (Lipinski definition) is 4. The van der Waals surface area contributed by atoms with Crippen LogP contribution in [-0.4, -0.2) is 35.4 Å². The Balaban J connectivity index is 1.82. The van der Waals surface area contributed by atoms with Crippen molar-refractivity contribution in [3.05, 3.63) is 101 Å². The molecule has 0 bridgehead atoms. The minimum absolute atomic E-state index is 0.0409. The Morgan fingerprint density at radius 1 is 0.804 bits per heavy atom. The molecule has 1 aliphatic carbocycles. The Kier molecular flexibility index (Phi) is 9.97. The van der Waals surface area contributed by atoms with E-state index in [9.17, 15) is 43.4 Å². The lowest BCUT2D eigenvalue weighted by atomic mass is 9.81. The van der Waals surface area contributed by atoms with Crippen LogP contribution in [0.4, 0.5) is 30.7 Å². The molecule has 0 N–H and O–H groups in total. The predicted molar refractivity (Wildman–Crippen MR) is 161 cm³/mol. The second-order valence-electron chi connectivity index (χ2n) is 12.0. The molecule has 250 valence electrons. The van der Waals surface area contributed by atoms with Gasteiger partial charge in [-0.3, -0.25) is 0 Å². The number of nitrogens with zero attached hydrogens (tertiary/aromatic N) is 1. The van der Waals surface area contributed by atoms with Crippen LogP contribution >= 0.6 is 0 Å². The third-order valence-electron chi connectivity index (χ3n) is 7.92. The molecule has 0 spiro atoms. The van der Waals surface area contributed by atoms with Crippen molar-refractivity contribution in [3.8, 4) is 0 Å². The molecular weight excluding hydrogens is 659 g/mol. The minimum atomic E-state index is -5.95. The molecule has 5 nitrogen and oxygen atoms in total. The highest BCUT2D eigenvalue weighted by atomic mass is 32.2. The average Bonchev–Trinajstić information content (AvgIpc) is 2.97. The standard InChI is InChI=1S/C32H32F7NO4S2/c1-28(2,3)45(41)40-26-17-19-29(20-18-26,46(42,43)27-15-13-25(33)14-16-27)23-9-11-24(12-10-23)30(31(34,35)36,32(37,38)39)44-21-22-7-5-4-6-8-22/h4-16H,17-21H2,1-3H3. The fourth-order valence-electron chi connectivity index (χ4n) is 5.35. The molecule has 1 unspecified atom stereocenters. The molecular formula is C32H32F7NO4S2. The van der Waals surface area contributed by atoms with Gasteiger partial charge in [0.15, 0.2) is 9.84 Å². The molecule has 1 atom stereocenters. The summed E-state index contributed by atoms with van der Waals surface area (Å²) < 4.78 is 148. The van der Waals surface area contributed by atoms with Crippen molar-refractivity contribution in [1.82, 2.24) is 0 Å². The molecule has 1 fully saturated rings. The van der Waals surface area contributed by atoms with Crippen LogP contribution in [0, 0.1) is 5.82 Å². The van der Waals surface area contributed by atoms with E-state index in [0.717, 1.165) is 36.4 Å². The summed E-state index contributed by atoms with van der Waals surface area (Å²) in [6, 6.07) is 14.1. The fraction of sp³-hybridized carbons (Fsp3) is 0.406. The molecule has 1 aliphatic rings. The van der Waals surface area contributed by atoms with E-state index < -0.39 is 66.3 Å². The molecule has 0 heterocycles. The van der Waals surface area contributed by atoms with E-state index >= 15 is 0 Å². The molecule has 4 rings (SSSR count). The summed E-state index contributed by atoms with van der Waals surface area (Å²) in [5.41, 5.74) is -5.51. The Hall–Kier alpha value is -3.10. The number of sulfone groups is 1. The monoisotopic (exact) mass is 691 g/mol. The van der Waals surface area contributed by atoms with Gasteiger partial charge in [0.1, 0.15) is 21.5 Å². The first-order chi connectivity index (χ1) is 21.2. The van der Waals surface area contributed by atoms with Crippen molar-refractivity contribution in [2.24, 2.45) is 4.40 Å². The number of halogens is 7. The van der Waals surface area contributed by atoms with Crippen LogP contribution in [0.15, 0.2) is 88.2 Å². The third-order valence-corrected chi connectivity index (χ3v) is 12.0. The largest absolute Gasteiger partial charge is 0.430 e. The topological polar surface area (TPSA) is 72.8 Å². The molecule has 0 radical (unpaired) electrons. The van der Waals surface area contributed by atoms with E-state index in [-0.39, 0.29) is 41.7 Å². The quantitative estimate of drug-likeness (QED) is 0.176. The van der Waals surface area contributed by atoms with Gasteiger partial charge in [0.25, 0.3) is 5.60 Å². The van der Waals surface area contributed by atoms with E-state index in [0.29, 0.717) is 17.8 Å². The zero-order valence-corrected chi connectivity index (χ0v) is 26.7. The van der Waals surface area contributed by atoms with Gasteiger partial charge in [-0.2, -0.15) is 30.7 Å². The second kappa shape index (κ2) is 12.8. The molecule has 0 aliphatic heterocycles. The molecule has 0 amide bonds. The number of hydrogen-bond donors (Lipinski definition) is 0. The van der Waals surface area contributed by atoms with Gasteiger partial charge in [-0.15, -0.1) is 0 Å². The zero-order valence-electron chi connectivity index (χ0n) is 25.1. The van der Waals surface area contributed by atoms with Gasteiger partial charge < -0.3 is 4.74 Å². The maximum absolute atomic E-state index is 14.5. The molecule has 3 aromatic carbocycles. The van der Waals surface area contributed by atoms with Crippen molar-refractivity contribution in [1.29, 1.82) is 0 Å². The van der Waals surface area contributed by atoms with Crippen molar-refractivity contribution < 1.29 is 48.1 Å². The first kappa shape index (κ1) is 35.7. The van der Waals surface area contributed by atoms with E-state index in [1.807, 2.05) is 0 Å². The second-order valence-corrected chi connectivity index (χ2v) is 16.2. The highest BCUT2D eigenvalue weighted by molar-refractivity contribution is 7.92. The van der Waals surface area contributed by atoms with E-state index in [2.05, 4.69) is 4.40 Å². The van der Waals surface area contributed by atoms with Gasteiger partial charge in [0.2, 0.25) is 0 Å². The third kappa shape index (κ3) is 6.79. The molecule has 46 heavy (non-hydrogen) atoms. The van der Waals surface area contributed by atoms with Crippen molar-refractivity contribution in [2.45, 2.75) is 85.4 Å². The van der Waals surface area contributed by atoms with Crippen LogP contribution in [0.5, 0.6) is 0 Å². The molecule has 3 aromatic rings. The summed E-state index contributed by atoms with van der Waals surface area (Å²) >= 11 is 0. The number of rotatable bonds is 8. The first-order valence-electron chi connectivity index (χ1n) is 14.2. The summed E-state index contributed by atoms with van der Waals surface area (Å²) in [4.78, 5) is -0.275. The van der Waals surface area contributed by atoms with Crippen LogP contribution in [0.2, 0.25) is 0 Å². The summed E-state index contributed by atoms with van der Waals surface area (Å²) in [5, 5.41) is 0. The van der Waals surface area contributed by atoms with Crippen molar-refractivity contribution >= 4 is 26.5 Å². The minimum Gasteiger partial charge on any atom is -0.349 e. The lowest BCUT2D eigenvalue weighted by Crippen LogP contribution is -2.55. The normalized spacial score (nSPS) is 19.1. The maximum atomic E-state index is 14.5. The van der Waals surface area contributed by atoms with E-state index in [4.69, 9.17) is 4.74 Å². The highest BCUT2D eigenvalue weighted by Gasteiger charge is 2.73. The van der Waals surface area contributed by atoms with Gasteiger partial charge in [-0.1, -0.05) is 54.6 Å². The van der Waals surface area contributed by atoms with Crippen LogP contribution in [-0.2, 0) is 42.5 Å². The Morgan fingerprint density at radius 2 is 1.33 bits per heavy atom. The Morgan fingerprint density at radius 3 is 1.80 bits per heavy atom. The van der Waals surface area contributed by atoms with Crippen LogP contribution in [0.3, 0.4) is 0 Å². The van der Waals surface area contributed by atoms with Crippen LogP contribution in [0.1, 0.15) is 63.1 Å². The molecule has 0 aromatic heterocycles. The van der Waals surface area contributed by atoms with Gasteiger partial charge >= 0.3 is 12.4 Å². The highest BCUT2D eigenvalue weighted by Crippen LogP contribution is 2.54. The van der Waals surface area contributed by atoms with Gasteiger partial charge in [-0.05, 0) is 81.8 Å². The predicted octanol–water partition coefficient (Wildman–Crippen LogP) is 8.51. The van der Waals surface area contributed by atoms with Gasteiger partial charge in [0, 0.05) is 11.3 Å². The fourth-order valence-corrected chi connectivity index (χ4v) is 8.17.